The number of nitrogens with zero attached hydrogens (tertiary/aromatic N) is 5. The van der Waals surface area contributed by atoms with E-state index in [0.717, 1.165) is 11.3 Å². The first-order chi connectivity index (χ1) is 15.7. The summed E-state index contributed by atoms with van der Waals surface area (Å²) in [6.07, 6.45) is 0.878. The highest BCUT2D eigenvalue weighted by Crippen LogP contribution is 2.37. The summed E-state index contributed by atoms with van der Waals surface area (Å²) in [4.78, 5) is 27.4. The minimum Gasteiger partial charge on any atom is -0.387 e. The van der Waals surface area contributed by atoms with Crippen molar-refractivity contribution >= 4 is 52.3 Å². The lowest BCUT2D eigenvalue weighted by atomic mass is 10.1. The van der Waals surface area contributed by atoms with E-state index in [1.807, 2.05) is 55.2 Å². The second-order valence-corrected chi connectivity index (χ2v) is 8.92. The number of carbonyl (C=O) groups is 1. The van der Waals surface area contributed by atoms with Crippen LogP contribution in [0.2, 0.25) is 10.0 Å². The van der Waals surface area contributed by atoms with Gasteiger partial charge < -0.3 is 20.2 Å². The number of carbonyl (C=O) groups excluding carboxylic acids is 1. The van der Waals surface area contributed by atoms with Crippen molar-refractivity contribution in [3.05, 3.63) is 69.8 Å². The van der Waals surface area contributed by atoms with Crippen LogP contribution in [0.1, 0.15) is 22.0 Å². The number of halogens is 2. The number of para-hydroxylation sites is 1. The zero-order valence-electron chi connectivity index (χ0n) is 18.5. The topological polar surface area (TPSA) is 84.8 Å². The van der Waals surface area contributed by atoms with Crippen molar-refractivity contribution in [1.82, 2.24) is 14.9 Å². The van der Waals surface area contributed by atoms with Gasteiger partial charge in [-0.2, -0.15) is 4.98 Å². The van der Waals surface area contributed by atoms with Crippen LogP contribution in [0, 0.1) is 0 Å². The van der Waals surface area contributed by atoms with Gasteiger partial charge in [0.25, 0.3) is 5.91 Å². The van der Waals surface area contributed by atoms with E-state index >= 15 is 0 Å². The highest BCUT2D eigenvalue weighted by atomic mass is 35.5. The largest absolute Gasteiger partial charge is 0.387 e. The van der Waals surface area contributed by atoms with E-state index in [-0.39, 0.29) is 12.6 Å². The molecule has 10 heteroatoms. The number of benzene rings is 2. The van der Waals surface area contributed by atoms with E-state index < -0.39 is 6.10 Å². The number of fused-ring (bicyclic) bond motifs is 1. The van der Waals surface area contributed by atoms with Crippen LogP contribution < -0.4 is 15.1 Å². The third kappa shape index (κ3) is 4.89. The number of aliphatic hydroxyl groups is 1. The summed E-state index contributed by atoms with van der Waals surface area (Å²) in [6, 6.07) is 12.6. The predicted molar refractivity (Wildman–Crippen MR) is 132 cm³/mol. The quantitative estimate of drug-likeness (QED) is 0.540. The average molecular weight is 487 g/mol. The Bertz CT molecular complexity index is 1170. The molecule has 1 aliphatic heterocycles. The number of likely N-dealkylation sites (N-methyl/N-ethyl adjacent to an activating group) is 1. The van der Waals surface area contributed by atoms with E-state index in [1.165, 1.54) is 11.1 Å². The predicted octanol–water partition coefficient (Wildman–Crippen LogP) is 4.18. The van der Waals surface area contributed by atoms with Crippen molar-refractivity contribution in [1.29, 1.82) is 0 Å². The van der Waals surface area contributed by atoms with Crippen LogP contribution >= 0.6 is 23.2 Å². The van der Waals surface area contributed by atoms with Gasteiger partial charge in [0.05, 0.1) is 28.5 Å². The smallest absolute Gasteiger partial charge is 0.265 e. The third-order valence-corrected chi connectivity index (χ3v) is 5.84. The molecule has 0 aliphatic carbocycles. The summed E-state index contributed by atoms with van der Waals surface area (Å²) in [5.74, 6) is 0.566. The van der Waals surface area contributed by atoms with Crippen LogP contribution in [0.25, 0.3) is 0 Å². The number of nitrogens with one attached hydrogen (secondary N) is 1. The molecule has 8 nitrogen and oxygen atoms in total. The molecule has 0 bridgehead atoms. The molecule has 4 rings (SSSR count). The molecule has 1 amide bonds. The van der Waals surface area contributed by atoms with Crippen LogP contribution in [0.3, 0.4) is 0 Å². The summed E-state index contributed by atoms with van der Waals surface area (Å²) in [5.41, 5.74) is 2.32. The number of aromatic nitrogens is 2. The molecule has 0 fully saturated rings. The van der Waals surface area contributed by atoms with E-state index in [4.69, 9.17) is 23.2 Å². The molecule has 3 aromatic rings. The fourth-order valence-corrected chi connectivity index (χ4v) is 4.29. The van der Waals surface area contributed by atoms with Crippen molar-refractivity contribution in [2.75, 3.05) is 49.5 Å². The Labute approximate surface area is 202 Å². The molecule has 1 aliphatic rings. The monoisotopic (exact) mass is 486 g/mol. The maximum Gasteiger partial charge on any atom is 0.265 e. The van der Waals surface area contributed by atoms with Gasteiger partial charge in [0, 0.05) is 25.5 Å². The Morgan fingerprint density at radius 2 is 1.88 bits per heavy atom. The minimum atomic E-state index is -0.613. The molecule has 1 atom stereocenters. The number of anilines is 4. The fraction of sp³-hybridized carbons (Fsp3) is 0.261. The van der Waals surface area contributed by atoms with Crippen LogP contribution in [-0.2, 0) is 0 Å². The highest BCUT2D eigenvalue weighted by molar-refractivity contribution is 6.40. The summed E-state index contributed by atoms with van der Waals surface area (Å²) in [7, 11) is 5.65. The first kappa shape index (κ1) is 23.3. The molecule has 1 unspecified atom stereocenters. The molecule has 0 radical (unpaired) electrons. The lowest BCUT2D eigenvalue weighted by Gasteiger charge is -2.35. The van der Waals surface area contributed by atoms with Gasteiger partial charge in [0.1, 0.15) is 11.4 Å². The molecular weight excluding hydrogens is 463 g/mol. The van der Waals surface area contributed by atoms with Crippen molar-refractivity contribution in [3.63, 3.8) is 0 Å². The third-order valence-electron chi connectivity index (χ3n) is 5.23. The summed E-state index contributed by atoms with van der Waals surface area (Å²) in [6.45, 7) is 0.746. The molecule has 33 heavy (non-hydrogen) atoms. The fourth-order valence-electron chi connectivity index (χ4n) is 3.69. The van der Waals surface area contributed by atoms with Crippen molar-refractivity contribution in [3.8, 4) is 0 Å². The zero-order valence-corrected chi connectivity index (χ0v) is 20.0. The second kappa shape index (κ2) is 9.52. The van der Waals surface area contributed by atoms with E-state index in [0.29, 0.717) is 39.6 Å². The Hall–Kier alpha value is -2.91. The van der Waals surface area contributed by atoms with Gasteiger partial charge in [-0.1, -0.05) is 41.4 Å². The molecular formula is C23H24Cl2N6O2. The molecule has 1 aromatic heterocycles. The number of hydrogen-bond donors (Lipinski definition) is 2. The maximum atomic E-state index is 13.2. The van der Waals surface area contributed by atoms with Crippen LogP contribution in [0.5, 0.6) is 0 Å². The molecule has 0 spiro atoms. The molecule has 2 aromatic carbocycles. The Morgan fingerprint density at radius 1 is 1.18 bits per heavy atom. The number of hydrogen-bond acceptors (Lipinski definition) is 7. The lowest BCUT2D eigenvalue weighted by Crippen LogP contribution is -2.46. The summed E-state index contributed by atoms with van der Waals surface area (Å²) >= 11 is 12.6. The van der Waals surface area contributed by atoms with Gasteiger partial charge in [-0.25, -0.2) is 4.98 Å². The van der Waals surface area contributed by atoms with Gasteiger partial charge in [-0.15, -0.1) is 0 Å². The van der Waals surface area contributed by atoms with E-state index in [9.17, 15) is 9.90 Å². The van der Waals surface area contributed by atoms with Crippen molar-refractivity contribution in [2.45, 2.75) is 6.10 Å². The minimum absolute atomic E-state index is 0.234. The van der Waals surface area contributed by atoms with Crippen LogP contribution in [-0.4, -0.2) is 60.2 Å². The maximum absolute atomic E-state index is 13.2. The average Bonchev–Trinajstić information content (AvgIpc) is 2.76. The van der Waals surface area contributed by atoms with Gasteiger partial charge in [0.15, 0.2) is 0 Å². The van der Waals surface area contributed by atoms with Crippen LogP contribution in [0.15, 0.2) is 48.7 Å². The molecule has 2 heterocycles. The Balaban J connectivity index is 1.59. The zero-order chi connectivity index (χ0) is 23.7. The summed E-state index contributed by atoms with van der Waals surface area (Å²) < 4.78 is 0. The second-order valence-electron chi connectivity index (χ2n) is 8.10. The molecule has 0 saturated heterocycles. The van der Waals surface area contributed by atoms with Crippen molar-refractivity contribution < 1.29 is 9.90 Å². The first-order valence-electron chi connectivity index (χ1n) is 10.3. The standard InChI is InChI=1S/C23H24Cl2N6O2/c1-29(2)12-19(32)14-6-4-7-15(10-14)27-23-26-11-16-21(28-23)30(3)13-31(22(16)33)20-17(24)8-5-9-18(20)25/h4-11,19,32H,12-13H2,1-3H3,(H,26,27,28). The van der Waals surface area contributed by atoms with E-state index in [2.05, 4.69) is 15.3 Å². The van der Waals surface area contributed by atoms with E-state index in [1.54, 1.807) is 18.2 Å². The Morgan fingerprint density at radius 3 is 2.58 bits per heavy atom. The lowest BCUT2D eigenvalue weighted by molar-refractivity contribution is 0.0982. The normalized spacial score (nSPS) is 14.5. The van der Waals surface area contributed by atoms with Crippen LogP contribution in [0.4, 0.5) is 23.1 Å². The number of amides is 1. The number of rotatable bonds is 6. The first-order valence-corrected chi connectivity index (χ1v) is 11.0. The Kier molecular flexibility index (Phi) is 6.71. The van der Waals surface area contributed by atoms with Gasteiger partial charge in [-0.05, 0) is 43.9 Å². The molecule has 0 saturated carbocycles. The number of aliphatic hydroxyl groups excluding tert-OH is 1. The molecule has 172 valence electrons. The van der Waals surface area contributed by atoms with Gasteiger partial charge in [0.2, 0.25) is 5.95 Å². The van der Waals surface area contributed by atoms with Crippen molar-refractivity contribution in [2.24, 2.45) is 0 Å². The molecule has 2 N–H and O–H groups in total. The van der Waals surface area contributed by atoms with Gasteiger partial charge >= 0.3 is 0 Å². The summed E-state index contributed by atoms with van der Waals surface area (Å²) in [5, 5.41) is 14.3. The highest BCUT2D eigenvalue weighted by Gasteiger charge is 2.32. The van der Waals surface area contributed by atoms with Gasteiger partial charge in [-0.3, -0.25) is 9.69 Å². The SMILES string of the molecule is CN(C)CC(O)c1cccc(Nc2ncc3c(n2)N(C)CN(c2c(Cl)cccc2Cl)C3=O)c1.